The molecule has 0 spiro atoms. The number of nitrogens with one attached hydrogen (secondary N) is 1. The summed E-state index contributed by atoms with van der Waals surface area (Å²) in [5.74, 6) is -3.10. The summed E-state index contributed by atoms with van der Waals surface area (Å²) in [5, 5.41) is 7.82. The van der Waals surface area contributed by atoms with Crippen molar-refractivity contribution in [2.75, 3.05) is 13.1 Å². The number of imide groups is 1. The van der Waals surface area contributed by atoms with Gasteiger partial charge in [-0.3, -0.25) is 24.1 Å². The summed E-state index contributed by atoms with van der Waals surface area (Å²) in [6.45, 7) is 8.33. The molecule has 6 rings (SSSR count). The second kappa shape index (κ2) is 13.3. The van der Waals surface area contributed by atoms with Crippen LogP contribution in [0.3, 0.4) is 0 Å². The number of rotatable bonds is 5. The molecule has 1 N–H and O–H groups in total. The van der Waals surface area contributed by atoms with Gasteiger partial charge in [0.15, 0.2) is 0 Å². The molecule has 2 unspecified atom stereocenters. The Morgan fingerprint density at radius 3 is 2.07 bits per heavy atom. The van der Waals surface area contributed by atoms with Gasteiger partial charge in [-0.1, -0.05) is 82.3 Å². The molecule has 2 aliphatic heterocycles. The van der Waals surface area contributed by atoms with E-state index in [1.54, 1.807) is 30.3 Å². The molecule has 3 amide bonds. The van der Waals surface area contributed by atoms with Gasteiger partial charge in [0.2, 0.25) is 11.8 Å². The van der Waals surface area contributed by atoms with Crippen LogP contribution in [0.15, 0.2) is 77.6 Å². The van der Waals surface area contributed by atoms with E-state index < -0.39 is 23.6 Å². The highest BCUT2D eigenvalue weighted by Crippen LogP contribution is 2.35. The molecule has 9 heteroatoms. The number of fused-ring (bicyclic) bond motifs is 2. The molecule has 1 aromatic heterocycles. The van der Waals surface area contributed by atoms with Gasteiger partial charge < -0.3 is 4.90 Å². The third-order valence-electron chi connectivity index (χ3n) is 7.36. The van der Waals surface area contributed by atoms with Gasteiger partial charge in [0.25, 0.3) is 11.5 Å². The molecule has 0 aliphatic carbocycles. The lowest BCUT2D eigenvalue weighted by Crippen LogP contribution is -2.38. The first kappa shape index (κ1) is 30.3. The highest BCUT2D eigenvalue weighted by molar-refractivity contribution is 6.07. The zero-order valence-corrected chi connectivity index (χ0v) is 24.3. The monoisotopic (exact) mass is 570 g/mol. The maximum absolute atomic E-state index is 14.8. The molecule has 3 heterocycles. The van der Waals surface area contributed by atoms with E-state index >= 15 is 0 Å². The quantitative estimate of drug-likeness (QED) is 0.342. The maximum Gasteiger partial charge on any atom is 0.272 e. The van der Waals surface area contributed by atoms with E-state index in [1.807, 2.05) is 58.0 Å². The number of H-pyrrole nitrogens is 1. The third kappa shape index (κ3) is 5.86. The number of carbonyl (C=O) groups is 3. The van der Waals surface area contributed by atoms with Crippen LogP contribution in [0.25, 0.3) is 10.8 Å². The van der Waals surface area contributed by atoms with E-state index in [0.29, 0.717) is 22.0 Å². The summed E-state index contributed by atoms with van der Waals surface area (Å²) in [4.78, 5) is 54.1. The average Bonchev–Trinajstić information content (AvgIpc) is 3.57. The largest absolute Gasteiger partial charge is 0.337 e. The van der Waals surface area contributed by atoms with Crippen molar-refractivity contribution in [3.05, 3.63) is 111 Å². The van der Waals surface area contributed by atoms with Gasteiger partial charge in [-0.05, 0) is 29.3 Å². The fourth-order valence-corrected chi connectivity index (χ4v) is 5.42. The van der Waals surface area contributed by atoms with Crippen LogP contribution in [-0.4, -0.2) is 50.8 Å². The number of benzene rings is 3. The maximum atomic E-state index is 14.8. The standard InChI is InChI=1S/C29H23FN4O4.2C2H6/c30-24-11-10-18(13-25-19-8-4-5-9-20(19)26(35)32-31-25)12-21(24)27(36)33-15-22-23(16-33)29(38)34(28(22)37)14-17-6-2-1-3-7-17;2*1-2/h1-12,22-23H,13-16H2,(H,32,35);2*1-2H3. The first-order valence-electron chi connectivity index (χ1n) is 14.3. The molecule has 2 saturated heterocycles. The number of aromatic amines is 1. The van der Waals surface area contributed by atoms with Gasteiger partial charge in [0.05, 0.1) is 35.0 Å². The lowest BCUT2D eigenvalue weighted by Gasteiger charge is -2.21. The van der Waals surface area contributed by atoms with E-state index in [-0.39, 0.29) is 49.0 Å². The Morgan fingerprint density at radius 1 is 0.833 bits per heavy atom. The van der Waals surface area contributed by atoms with Crippen molar-refractivity contribution >= 4 is 28.5 Å². The summed E-state index contributed by atoms with van der Waals surface area (Å²) in [6, 6.07) is 20.6. The number of hydrogen-bond donors (Lipinski definition) is 1. The smallest absolute Gasteiger partial charge is 0.272 e. The SMILES string of the molecule is CC.CC.O=C(c1cc(Cc2n[nH]c(=O)c3ccccc23)ccc1F)N1CC2C(=O)N(Cc3ccccc3)C(=O)C2C1. The van der Waals surface area contributed by atoms with E-state index in [9.17, 15) is 23.6 Å². The fraction of sp³-hybridized carbons (Fsp3) is 0.303. The summed E-state index contributed by atoms with van der Waals surface area (Å²) in [7, 11) is 0. The molecule has 3 aromatic carbocycles. The fourth-order valence-electron chi connectivity index (χ4n) is 5.42. The van der Waals surface area contributed by atoms with Crippen LogP contribution in [0.5, 0.6) is 0 Å². The second-order valence-corrected chi connectivity index (χ2v) is 9.71. The Bertz CT molecular complexity index is 1630. The minimum absolute atomic E-state index is 0.0646. The van der Waals surface area contributed by atoms with Crippen molar-refractivity contribution in [2.45, 2.75) is 40.7 Å². The molecule has 0 bridgehead atoms. The molecule has 218 valence electrons. The second-order valence-electron chi connectivity index (χ2n) is 9.71. The van der Waals surface area contributed by atoms with Crippen molar-refractivity contribution in [3.8, 4) is 0 Å². The van der Waals surface area contributed by atoms with Gasteiger partial charge in [-0.15, -0.1) is 0 Å². The van der Waals surface area contributed by atoms with Crippen molar-refractivity contribution in [1.82, 2.24) is 20.0 Å². The van der Waals surface area contributed by atoms with Crippen molar-refractivity contribution < 1.29 is 18.8 Å². The zero-order valence-electron chi connectivity index (χ0n) is 24.3. The van der Waals surface area contributed by atoms with E-state index in [0.717, 1.165) is 5.56 Å². The Morgan fingerprint density at radius 2 is 1.43 bits per heavy atom. The van der Waals surface area contributed by atoms with Crippen LogP contribution in [0.2, 0.25) is 0 Å². The zero-order chi connectivity index (χ0) is 30.4. The highest BCUT2D eigenvalue weighted by Gasteiger charge is 2.53. The molecule has 0 radical (unpaired) electrons. The number of amides is 3. The van der Waals surface area contributed by atoms with E-state index in [4.69, 9.17) is 0 Å². The molecule has 8 nitrogen and oxygen atoms in total. The number of likely N-dealkylation sites (tertiary alicyclic amines) is 2. The molecule has 0 saturated carbocycles. The summed E-state index contributed by atoms with van der Waals surface area (Å²) in [5.41, 5.74) is 1.66. The summed E-state index contributed by atoms with van der Waals surface area (Å²) in [6.07, 6.45) is 0.272. The van der Waals surface area contributed by atoms with Crippen LogP contribution in [0, 0.1) is 17.7 Å². The van der Waals surface area contributed by atoms with E-state index in [1.165, 1.54) is 21.9 Å². The normalized spacial score (nSPS) is 17.4. The summed E-state index contributed by atoms with van der Waals surface area (Å²) >= 11 is 0. The molecular weight excluding hydrogens is 535 g/mol. The summed E-state index contributed by atoms with van der Waals surface area (Å²) < 4.78 is 14.8. The lowest BCUT2D eigenvalue weighted by atomic mass is 10.00. The molecule has 4 aromatic rings. The number of nitrogens with zero attached hydrogens (tertiary/aromatic N) is 3. The van der Waals surface area contributed by atoms with Gasteiger partial charge in [0.1, 0.15) is 5.82 Å². The van der Waals surface area contributed by atoms with E-state index in [2.05, 4.69) is 10.2 Å². The minimum Gasteiger partial charge on any atom is -0.337 e. The van der Waals surface area contributed by atoms with Gasteiger partial charge in [-0.25, -0.2) is 9.49 Å². The Kier molecular flexibility index (Phi) is 9.62. The van der Waals surface area contributed by atoms with Crippen LogP contribution < -0.4 is 5.56 Å². The van der Waals surface area contributed by atoms with Crippen molar-refractivity contribution in [3.63, 3.8) is 0 Å². The number of carbonyl (C=O) groups excluding carboxylic acids is 3. The first-order valence-corrected chi connectivity index (χ1v) is 14.3. The Balaban J connectivity index is 0.000000972. The molecule has 2 atom stereocenters. The Hall–Kier alpha value is -4.66. The van der Waals surface area contributed by atoms with Crippen LogP contribution >= 0.6 is 0 Å². The lowest BCUT2D eigenvalue weighted by molar-refractivity contribution is -0.141. The number of halogens is 1. The van der Waals surface area contributed by atoms with Gasteiger partial charge in [0, 0.05) is 24.9 Å². The molecule has 2 aliphatic rings. The molecule has 42 heavy (non-hydrogen) atoms. The predicted molar refractivity (Wildman–Crippen MR) is 159 cm³/mol. The number of hydrogen-bond acceptors (Lipinski definition) is 5. The molecule has 2 fully saturated rings. The van der Waals surface area contributed by atoms with Crippen LogP contribution in [0.4, 0.5) is 4.39 Å². The van der Waals surface area contributed by atoms with Gasteiger partial charge >= 0.3 is 0 Å². The van der Waals surface area contributed by atoms with Crippen LogP contribution in [0.1, 0.15) is 54.9 Å². The topological polar surface area (TPSA) is 103 Å². The molecular formula is C33H35FN4O4. The highest BCUT2D eigenvalue weighted by atomic mass is 19.1. The minimum atomic E-state index is -0.682. The van der Waals surface area contributed by atoms with Crippen molar-refractivity contribution in [1.29, 1.82) is 0 Å². The predicted octanol–water partition coefficient (Wildman–Crippen LogP) is 4.96. The average molecular weight is 571 g/mol. The third-order valence-corrected chi connectivity index (χ3v) is 7.36. The number of aromatic nitrogens is 2. The first-order chi connectivity index (χ1) is 20.4. The Labute approximate surface area is 244 Å². The van der Waals surface area contributed by atoms with Crippen molar-refractivity contribution in [2.24, 2.45) is 11.8 Å². The van der Waals surface area contributed by atoms with Crippen LogP contribution in [-0.2, 0) is 22.6 Å². The van der Waals surface area contributed by atoms with Gasteiger partial charge in [-0.2, -0.15) is 5.10 Å².